The number of rotatable bonds is 6. The molecule has 0 unspecified atom stereocenters. The molecule has 0 aliphatic carbocycles. The Kier molecular flexibility index (Phi) is 5.77. The van der Waals surface area contributed by atoms with Gasteiger partial charge in [0.25, 0.3) is 0 Å². The summed E-state index contributed by atoms with van der Waals surface area (Å²) in [5.41, 5.74) is 4.46. The Hall–Kier alpha value is -0.930. The van der Waals surface area contributed by atoms with E-state index >= 15 is 0 Å². The minimum Gasteiger partial charge on any atom is -0.369 e. The van der Waals surface area contributed by atoms with Crippen LogP contribution in [0.3, 0.4) is 0 Å². The lowest BCUT2D eigenvalue weighted by Crippen LogP contribution is -2.30. The lowest BCUT2D eigenvalue weighted by molar-refractivity contribution is -0.117. The fourth-order valence-electron chi connectivity index (χ4n) is 3.02. The molecule has 1 aromatic carbocycles. The SMILES string of the molecule is Cc1ccc(N(CCCl)CCCl)c(C)c1N1CCCC1=O. The van der Waals surface area contributed by atoms with Gasteiger partial charge in [0.1, 0.15) is 0 Å². The van der Waals surface area contributed by atoms with Gasteiger partial charge in [-0.2, -0.15) is 0 Å². The van der Waals surface area contributed by atoms with E-state index < -0.39 is 0 Å². The Labute approximate surface area is 136 Å². The number of hydrogen-bond acceptors (Lipinski definition) is 2. The normalized spacial score (nSPS) is 14.9. The van der Waals surface area contributed by atoms with E-state index in [4.69, 9.17) is 23.2 Å². The molecule has 0 N–H and O–H groups in total. The van der Waals surface area contributed by atoms with Crippen molar-refractivity contribution >= 4 is 40.5 Å². The van der Waals surface area contributed by atoms with Crippen LogP contribution in [0.4, 0.5) is 11.4 Å². The Morgan fingerprint density at radius 1 is 1.19 bits per heavy atom. The first-order chi connectivity index (χ1) is 10.1. The highest BCUT2D eigenvalue weighted by molar-refractivity contribution is 6.18. The van der Waals surface area contributed by atoms with E-state index in [0.717, 1.165) is 48.6 Å². The number of alkyl halides is 2. The van der Waals surface area contributed by atoms with Crippen molar-refractivity contribution in [2.24, 2.45) is 0 Å². The van der Waals surface area contributed by atoms with E-state index in [1.54, 1.807) is 0 Å². The summed E-state index contributed by atoms with van der Waals surface area (Å²) in [6.45, 7) is 6.47. The highest BCUT2D eigenvalue weighted by atomic mass is 35.5. The number of carbonyl (C=O) groups is 1. The number of benzene rings is 1. The number of anilines is 2. The van der Waals surface area contributed by atoms with Gasteiger partial charge < -0.3 is 9.80 Å². The van der Waals surface area contributed by atoms with Gasteiger partial charge in [-0.3, -0.25) is 4.79 Å². The van der Waals surface area contributed by atoms with E-state index in [0.29, 0.717) is 18.2 Å². The molecular weight excluding hydrogens is 307 g/mol. The van der Waals surface area contributed by atoms with Crippen LogP contribution in [0.25, 0.3) is 0 Å². The number of amides is 1. The van der Waals surface area contributed by atoms with Crippen molar-refractivity contribution in [2.75, 3.05) is 41.2 Å². The largest absolute Gasteiger partial charge is 0.369 e. The first-order valence-electron chi connectivity index (χ1n) is 7.37. The third kappa shape index (κ3) is 3.46. The second-order valence-electron chi connectivity index (χ2n) is 5.39. The summed E-state index contributed by atoms with van der Waals surface area (Å²) >= 11 is 11.8. The van der Waals surface area contributed by atoms with Crippen molar-refractivity contribution in [3.8, 4) is 0 Å². The van der Waals surface area contributed by atoms with E-state index in [2.05, 4.69) is 30.9 Å². The molecule has 1 aromatic rings. The minimum absolute atomic E-state index is 0.222. The number of carbonyl (C=O) groups excluding carboxylic acids is 1. The average molecular weight is 329 g/mol. The third-order valence-corrected chi connectivity index (χ3v) is 4.34. The van der Waals surface area contributed by atoms with Crippen LogP contribution in [-0.2, 0) is 4.79 Å². The monoisotopic (exact) mass is 328 g/mol. The highest BCUT2D eigenvalue weighted by Gasteiger charge is 2.26. The van der Waals surface area contributed by atoms with Gasteiger partial charge in [0.2, 0.25) is 5.91 Å². The number of hydrogen-bond donors (Lipinski definition) is 0. The zero-order valence-electron chi connectivity index (χ0n) is 12.7. The van der Waals surface area contributed by atoms with Gasteiger partial charge in [-0.05, 0) is 37.5 Å². The molecule has 0 aromatic heterocycles. The first kappa shape index (κ1) is 16.4. The van der Waals surface area contributed by atoms with E-state index in [9.17, 15) is 4.79 Å². The minimum atomic E-state index is 0.222. The molecule has 1 saturated heterocycles. The molecular formula is C16H22Cl2N2O. The highest BCUT2D eigenvalue weighted by Crippen LogP contribution is 2.35. The van der Waals surface area contributed by atoms with Crippen molar-refractivity contribution in [3.63, 3.8) is 0 Å². The predicted molar refractivity (Wildman–Crippen MR) is 91.2 cm³/mol. The summed E-state index contributed by atoms with van der Waals surface area (Å²) in [6, 6.07) is 4.19. The van der Waals surface area contributed by atoms with Crippen LogP contribution in [0, 0.1) is 13.8 Å². The molecule has 3 nitrogen and oxygen atoms in total. The lowest BCUT2D eigenvalue weighted by Gasteiger charge is -2.29. The van der Waals surface area contributed by atoms with Crippen molar-refractivity contribution in [2.45, 2.75) is 26.7 Å². The Balaban J connectivity index is 2.42. The molecule has 0 spiro atoms. The second kappa shape index (κ2) is 7.37. The van der Waals surface area contributed by atoms with E-state index in [1.165, 1.54) is 0 Å². The number of nitrogens with zero attached hydrogens (tertiary/aromatic N) is 2. The zero-order chi connectivity index (χ0) is 15.4. The van der Waals surface area contributed by atoms with Crippen molar-refractivity contribution in [3.05, 3.63) is 23.3 Å². The molecule has 0 bridgehead atoms. The summed E-state index contributed by atoms with van der Waals surface area (Å²) in [6.07, 6.45) is 1.59. The van der Waals surface area contributed by atoms with Crippen LogP contribution in [0.1, 0.15) is 24.0 Å². The van der Waals surface area contributed by atoms with Crippen LogP contribution in [-0.4, -0.2) is 37.3 Å². The molecule has 0 radical (unpaired) electrons. The summed E-state index contributed by atoms with van der Waals surface area (Å²) < 4.78 is 0. The molecule has 1 aliphatic rings. The Bertz CT molecular complexity index is 513. The quantitative estimate of drug-likeness (QED) is 0.743. The molecule has 116 valence electrons. The van der Waals surface area contributed by atoms with Gasteiger partial charge in [-0.25, -0.2) is 0 Å². The lowest BCUT2D eigenvalue weighted by atomic mass is 10.0. The van der Waals surface area contributed by atoms with Crippen LogP contribution in [0.15, 0.2) is 12.1 Å². The molecule has 1 heterocycles. The summed E-state index contributed by atoms with van der Waals surface area (Å²) in [7, 11) is 0. The third-order valence-electron chi connectivity index (χ3n) is 4.00. The molecule has 5 heteroatoms. The van der Waals surface area contributed by atoms with Crippen LogP contribution < -0.4 is 9.80 Å². The van der Waals surface area contributed by atoms with Gasteiger partial charge in [-0.15, -0.1) is 23.2 Å². The number of aryl methyl sites for hydroxylation is 1. The molecule has 1 amide bonds. The maximum atomic E-state index is 12.1. The first-order valence-corrected chi connectivity index (χ1v) is 8.44. The zero-order valence-corrected chi connectivity index (χ0v) is 14.2. The molecule has 1 fully saturated rings. The van der Waals surface area contributed by atoms with Gasteiger partial charge in [0.05, 0.1) is 5.69 Å². The molecule has 21 heavy (non-hydrogen) atoms. The second-order valence-corrected chi connectivity index (χ2v) is 6.15. The van der Waals surface area contributed by atoms with Gasteiger partial charge >= 0.3 is 0 Å². The van der Waals surface area contributed by atoms with Crippen LogP contribution >= 0.6 is 23.2 Å². The van der Waals surface area contributed by atoms with Crippen LogP contribution in [0.5, 0.6) is 0 Å². The van der Waals surface area contributed by atoms with E-state index in [-0.39, 0.29) is 5.91 Å². The molecule has 0 atom stereocenters. The standard InChI is InChI=1S/C16H22Cl2N2O/c1-12-5-6-14(19(10-7-17)11-8-18)13(2)16(12)20-9-3-4-15(20)21/h5-6H,3-4,7-11H2,1-2H3. The summed E-state index contributed by atoms with van der Waals surface area (Å²) in [4.78, 5) is 16.2. The van der Waals surface area contributed by atoms with Gasteiger partial charge in [0.15, 0.2) is 0 Å². The van der Waals surface area contributed by atoms with Gasteiger partial charge in [-0.1, -0.05) is 6.07 Å². The topological polar surface area (TPSA) is 23.6 Å². The molecule has 2 rings (SSSR count). The average Bonchev–Trinajstić information content (AvgIpc) is 2.85. The van der Waals surface area contributed by atoms with E-state index in [1.807, 2.05) is 4.90 Å². The Morgan fingerprint density at radius 2 is 1.86 bits per heavy atom. The van der Waals surface area contributed by atoms with Crippen molar-refractivity contribution in [1.29, 1.82) is 0 Å². The fraction of sp³-hybridized carbons (Fsp3) is 0.562. The summed E-state index contributed by atoms with van der Waals surface area (Å²) in [5.74, 6) is 1.34. The smallest absolute Gasteiger partial charge is 0.227 e. The Morgan fingerprint density at radius 3 is 2.38 bits per heavy atom. The predicted octanol–water partition coefficient (Wildman–Crippen LogP) is 3.71. The summed E-state index contributed by atoms with van der Waals surface area (Å²) in [5, 5.41) is 0. The fourth-order valence-corrected chi connectivity index (χ4v) is 3.43. The molecule has 1 aliphatic heterocycles. The molecule has 0 saturated carbocycles. The maximum absolute atomic E-state index is 12.1. The van der Waals surface area contributed by atoms with Crippen molar-refractivity contribution in [1.82, 2.24) is 0 Å². The van der Waals surface area contributed by atoms with Crippen LogP contribution in [0.2, 0.25) is 0 Å². The maximum Gasteiger partial charge on any atom is 0.227 e. The number of halogens is 2. The van der Waals surface area contributed by atoms with Gasteiger partial charge in [0, 0.05) is 43.5 Å². The van der Waals surface area contributed by atoms with Crippen molar-refractivity contribution < 1.29 is 4.79 Å².